The number of phenolic OH excluding ortho intramolecular Hbond substituents is 1. The number of hydrogen-bond donors (Lipinski definition) is 2. The van der Waals surface area contributed by atoms with Crippen molar-refractivity contribution in [2.24, 2.45) is 0 Å². The number of carbonyl (C=O) groups excluding carboxylic acids is 1. The lowest BCUT2D eigenvalue weighted by Crippen LogP contribution is -2.31. The van der Waals surface area contributed by atoms with Crippen LogP contribution < -0.4 is 0 Å². The second-order valence-corrected chi connectivity index (χ2v) is 3.91. The largest absolute Gasteiger partial charge is 0.507 e. The Labute approximate surface area is 83.0 Å². The molecule has 0 amide bonds. The van der Waals surface area contributed by atoms with Crippen LogP contribution in [0.3, 0.4) is 0 Å². The van der Waals surface area contributed by atoms with Crippen LogP contribution in [-0.4, -0.2) is 21.6 Å². The molecule has 1 aromatic rings. The number of Topliss-reactive ketones (excluding diaryl/α,β-unsaturated/α-hetero) is 1. The number of phenols is 1. The zero-order valence-electron chi connectivity index (χ0n) is 8.53. The highest BCUT2D eigenvalue weighted by molar-refractivity contribution is 6.03. The van der Waals surface area contributed by atoms with Crippen LogP contribution in [0.1, 0.15) is 29.8 Å². The van der Waals surface area contributed by atoms with Gasteiger partial charge in [-0.3, -0.25) is 4.79 Å². The summed E-state index contributed by atoms with van der Waals surface area (Å²) in [4.78, 5) is 11.6. The summed E-state index contributed by atoms with van der Waals surface area (Å²) < 4.78 is 0. The van der Waals surface area contributed by atoms with Crippen LogP contribution in [0.5, 0.6) is 5.75 Å². The van der Waals surface area contributed by atoms with E-state index >= 15 is 0 Å². The molecule has 76 valence electrons. The summed E-state index contributed by atoms with van der Waals surface area (Å²) in [6, 6.07) is 4.74. The number of rotatable bonds is 2. The Hall–Kier alpha value is -1.35. The Kier molecular flexibility index (Phi) is 2.62. The molecule has 0 atom stereocenters. The Morgan fingerprint density at radius 2 is 1.93 bits per heavy atom. The Morgan fingerprint density at radius 1 is 1.36 bits per heavy atom. The molecule has 0 saturated carbocycles. The van der Waals surface area contributed by atoms with Gasteiger partial charge in [0, 0.05) is 0 Å². The Balaban J connectivity index is 3.15. The van der Waals surface area contributed by atoms with Gasteiger partial charge in [-0.25, -0.2) is 0 Å². The van der Waals surface area contributed by atoms with Crippen molar-refractivity contribution in [2.75, 3.05) is 0 Å². The van der Waals surface area contributed by atoms with E-state index in [4.69, 9.17) is 0 Å². The molecular formula is C11H14O3. The zero-order chi connectivity index (χ0) is 10.9. The zero-order valence-corrected chi connectivity index (χ0v) is 8.53. The molecule has 0 fully saturated rings. The summed E-state index contributed by atoms with van der Waals surface area (Å²) in [6.07, 6.45) is 0. The number of aryl methyl sites for hydroxylation is 1. The van der Waals surface area contributed by atoms with E-state index in [1.807, 2.05) is 6.92 Å². The van der Waals surface area contributed by atoms with Crippen molar-refractivity contribution in [2.45, 2.75) is 26.4 Å². The molecule has 3 heteroatoms. The molecule has 0 bridgehead atoms. The predicted octanol–water partition coefficient (Wildman–Crippen LogP) is 1.65. The standard InChI is InChI=1S/C11H14O3/c1-7-4-5-8(9(12)6-7)10(13)11(2,3)14/h4-6,12,14H,1-3H3. The van der Waals surface area contributed by atoms with Crippen molar-refractivity contribution in [3.05, 3.63) is 29.3 Å². The maximum atomic E-state index is 11.6. The third-order valence-electron chi connectivity index (χ3n) is 1.95. The second-order valence-electron chi connectivity index (χ2n) is 3.91. The summed E-state index contributed by atoms with van der Waals surface area (Å²) in [5.41, 5.74) is -0.426. The maximum absolute atomic E-state index is 11.6. The summed E-state index contributed by atoms with van der Waals surface area (Å²) in [5, 5.41) is 19.0. The first-order valence-corrected chi connectivity index (χ1v) is 4.39. The van der Waals surface area contributed by atoms with Gasteiger partial charge < -0.3 is 10.2 Å². The van der Waals surface area contributed by atoms with Gasteiger partial charge >= 0.3 is 0 Å². The molecule has 2 N–H and O–H groups in total. The van der Waals surface area contributed by atoms with Crippen molar-refractivity contribution < 1.29 is 15.0 Å². The molecular weight excluding hydrogens is 180 g/mol. The van der Waals surface area contributed by atoms with Gasteiger partial charge in [0.05, 0.1) is 5.56 Å². The van der Waals surface area contributed by atoms with E-state index in [0.29, 0.717) is 0 Å². The van der Waals surface area contributed by atoms with Crippen LogP contribution >= 0.6 is 0 Å². The third-order valence-corrected chi connectivity index (χ3v) is 1.95. The molecule has 0 aliphatic rings. The predicted molar refractivity (Wildman–Crippen MR) is 53.5 cm³/mol. The van der Waals surface area contributed by atoms with Crippen LogP contribution in [0.2, 0.25) is 0 Å². The molecule has 0 aromatic heterocycles. The van der Waals surface area contributed by atoms with Crippen molar-refractivity contribution in [1.29, 1.82) is 0 Å². The van der Waals surface area contributed by atoms with Crippen molar-refractivity contribution in [1.82, 2.24) is 0 Å². The fourth-order valence-electron chi connectivity index (χ4n) is 1.16. The number of hydrogen-bond acceptors (Lipinski definition) is 3. The molecule has 3 nitrogen and oxygen atoms in total. The lowest BCUT2D eigenvalue weighted by Gasteiger charge is -2.16. The first-order valence-electron chi connectivity index (χ1n) is 4.39. The van der Waals surface area contributed by atoms with E-state index in [1.165, 1.54) is 26.0 Å². The first kappa shape index (κ1) is 10.7. The Morgan fingerprint density at radius 3 is 2.36 bits per heavy atom. The van der Waals surface area contributed by atoms with Gasteiger partial charge in [0.2, 0.25) is 0 Å². The van der Waals surface area contributed by atoms with E-state index < -0.39 is 11.4 Å². The number of ketones is 1. The average Bonchev–Trinajstić information content (AvgIpc) is 2.01. The van der Waals surface area contributed by atoms with Crippen LogP contribution in [0.25, 0.3) is 0 Å². The van der Waals surface area contributed by atoms with Crippen LogP contribution in [0, 0.1) is 6.92 Å². The van der Waals surface area contributed by atoms with Gasteiger partial charge in [0.1, 0.15) is 11.4 Å². The van der Waals surface area contributed by atoms with Crippen LogP contribution in [0.15, 0.2) is 18.2 Å². The quantitative estimate of drug-likeness (QED) is 0.704. The molecule has 0 aliphatic heterocycles. The molecule has 1 rings (SSSR count). The highest BCUT2D eigenvalue weighted by Gasteiger charge is 2.27. The molecule has 14 heavy (non-hydrogen) atoms. The second kappa shape index (κ2) is 3.42. The number of benzene rings is 1. The summed E-state index contributed by atoms with van der Waals surface area (Å²) >= 11 is 0. The van der Waals surface area contributed by atoms with Gasteiger partial charge in [-0.05, 0) is 38.5 Å². The highest BCUT2D eigenvalue weighted by Crippen LogP contribution is 2.23. The molecule has 0 aliphatic carbocycles. The minimum atomic E-state index is -1.45. The van der Waals surface area contributed by atoms with Crippen LogP contribution in [0.4, 0.5) is 0 Å². The van der Waals surface area contributed by atoms with Gasteiger partial charge in [0.25, 0.3) is 0 Å². The van der Waals surface area contributed by atoms with E-state index in [-0.39, 0.29) is 11.3 Å². The van der Waals surface area contributed by atoms with Crippen molar-refractivity contribution >= 4 is 5.78 Å². The smallest absolute Gasteiger partial charge is 0.197 e. The molecule has 0 saturated heterocycles. The molecule has 0 unspecified atom stereocenters. The van der Waals surface area contributed by atoms with Crippen molar-refractivity contribution in [3.63, 3.8) is 0 Å². The minimum Gasteiger partial charge on any atom is -0.507 e. The van der Waals surface area contributed by atoms with Crippen LogP contribution in [-0.2, 0) is 0 Å². The number of carbonyl (C=O) groups is 1. The summed E-state index contributed by atoms with van der Waals surface area (Å²) in [6.45, 7) is 4.61. The van der Waals surface area contributed by atoms with E-state index in [2.05, 4.69) is 0 Å². The number of aromatic hydroxyl groups is 1. The normalized spacial score (nSPS) is 11.4. The monoisotopic (exact) mass is 194 g/mol. The van der Waals surface area contributed by atoms with E-state index in [1.54, 1.807) is 6.07 Å². The fourth-order valence-corrected chi connectivity index (χ4v) is 1.16. The lowest BCUT2D eigenvalue weighted by atomic mass is 9.95. The maximum Gasteiger partial charge on any atom is 0.197 e. The third kappa shape index (κ3) is 2.12. The van der Waals surface area contributed by atoms with Gasteiger partial charge in [0.15, 0.2) is 5.78 Å². The van der Waals surface area contributed by atoms with Gasteiger partial charge in [-0.15, -0.1) is 0 Å². The van der Waals surface area contributed by atoms with E-state index in [0.717, 1.165) is 5.56 Å². The topological polar surface area (TPSA) is 57.5 Å². The SMILES string of the molecule is Cc1ccc(C(=O)C(C)(C)O)c(O)c1. The summed E-state index contributed by atoms with van der Waals surface area (Å²) in [7, 11) is 0. The number of aliphatic hydroxyl groups is 1. The Bertz CT molecular complexity index is 361. The first-order chi connectivity index (χ1) is 6.32. The molecule has 0 heterocycles. The molecule has 0 spiro atoms. The molecule has 0 radical (unpaired) electrons. The lowest BCUT2D eigenvalue weighted by molar-refractivity contribution is 0.0485. The fraction of sp³-hybridized carbons (Fsp3) is 0.364. The highest BCUT2D eigenvalue weighted by atomic mass is 16.3. The molecule has 1 aromatic carbocycles. The summed E-state index contributed by atoms with van der Waals surface area (Å²) in [5.74, 6) is -0.563. The minimum absolute atomic E-state index is 0.0860. The van der Waals surface area contributed by atoms with Crippen molar-refractivity contribution in [3.8, 4) is 5.75 Å². The van der Waals surface area contributed by atoms with Gasteiger partial charge in [-0.2, -0.15) is 0 Å². The van der Waals surface area contributed by atoms with E-state index in [9.17, 15) is 15.0 Å². The average molecular weight is 194 g/mol. The van der Waals surface area contributed by atoms with Gasteiger partial charge in [-0.1, -0.05) is 6.07 Å².